The summed E-state index contributed by atoms with van der Waals surface area (Å²) in [6.07, 6.45) is 0. The van der Waals surface area contributed by atoms with Gasteiger partial charge in [-0.05, 0) is 20.8 Å². The van der Waals surface area contributed by atoms with Gasteiger partial charge in [-0.2, -0.15) is 0 Å². The zero-order valence-electron chi connectivity index (χ0n) is 12.2. The van der Waals surface area contributed by atoms with E-state index in [0.717, 1.165) is 11.3 Å². The topological polar surface area (TPSA) is 68.7 Å². The molecule has 1 amide bonds. The molecular formula is C13H20N2O4S. The lowest BCUT2D eigenvalue weighted by atomic mass is 10.3. The first-order chi connectivity index (χ1) is 9.51. The van der Waals surface area contributed by atoms with E-state index < -0.39 is 5.97 Å². The van der Waals surface area contributed by atoms with Crippen LogP contribution in [0.5, 0.6) is 0 Å². The van der Waals surface area contributed by atoms with Crippen molar-refractivity contribution >= 4 is 23.2 Å². The minimum Gasteiger partial charge on any atom is -0.461 e. The van der Waals surface area contributed by atoms with Gasteiger partial charge >= 0.3 is 5.97 Å². The van der Waals surface area contributed by atoms with E-state index in [1.54, 1.807) is 24.3 Å². The average molecular weight is 300 g/mol. The summed E-state index contributed by atoms with van der Waals surface area (Å²) < 4.78 is 9.86. The Balaban J connectivity index is 2.82. The number of thiazole rings is 1. The SMILES string of the molecule is CCOC(=O)c1nc(C(=O)N(CCOC)C(C)C)cs1. The number of esters is 1. The Morgan fingerprint density at radius 3 is 2.70 bits per heavy atom. The molecule has 0 spiro atoms. The first kappa shape index (κ1) is 16.6. The molecule has 6 nitrogen and oxygen atoms in total. The van der Waals surface area contributed by atoms with E-state index in [1.165, 1.54) is 0 Å². The number of methoxy groups -OCH3 is 1. The Morgan fingerprint density at radius 2 is 2.15 bits per heavy atom. The fraction of sp³-hybridized carbons (Fsp3) is 0.615. The van der Waals surface area contributed by atoms with E-state index in [9.17, 15) is 9.59 Å². The fourth-order valence-electron chi connectivity index (χ4n) is 1.59. The Labute approximate surface area is 122 Å². The van der Waals surface area contributed by atoms with Crippen molar-refractivity contribution in [3.8, 4) is 0 Å². The maximum atomic E-state index is 12.3. The summed E-state index contributed by atoms with van der Waals surface area (Å²) in [4.78, 5) is 29.6. The predicted octanol–water partition coefficient (Wildman–Crippen LogP) is 1.82. The molecule has 0 aliphatic heterocycles. The van der Waals surface area contributed by atoms with Gasteiger partial charge in [-0.25, -0.2) is 9.78 Å². The van der Waals surface area contributed by atoms with Crippen LogP contribution in [0.1, 0.15) is 41.1 Å². The minimum atomic E-state index is -0.496. The Morgan fingerprint density at radius 1 is 1.45 bits per heavy atom. The summed E-state index contributed by atoms with van der Waals surface area (Å²) in [7, 11) is 1.59. The lowest BCUT2D eigenvalue weighted by Gasteiger charge is -2.25. The molecule has 0 fully saturated rings. The number of rotatable bonds is 7. The number of ether oxygens (including phenoxy) is 2. The number of nitrogens with zero attached hydrogens (tertiary/aromatic N) is 2. The van der Waals surface area contributed by atoms with Crippen molar-refractivity contribution in [3.63, 3.8) is 0 Å². The Kier molecular flexibility index (Phi) is 6.60. The highest BCUT2D eigenvalue weighted by Crippen LogP contribution is 2.14. The van der Waals surface area contributed by atoms with Crippen LogP contribution >= 0.6 is 11.3 Å². The Hall–Kier alpha value is -1.47. The number of hydrogen-bond donors (Lipinski definition) is 0. The largest absolute Gasteiger partial charge is 0.461 e. The van der Waals surface area contributed by atoms with Gasteiger partial charge in [-0.1, -0.05) is 0 Å². The summed E-state index contributed by atoms with van der Waals surface area (Å²) in [5.74, 6) is -0.701. The zero-order chi connectivity index (χ0) is 15.1. The monoisotopic (exact) mass is 300 g/mol. The standard InChI is InChI=1S/C13H20N2O4S/c1-5-19-13(17)11-14-10(8-20-11)12(16)15(9(2)3)6-7-18-4/h8-9H,5-7H2,1-4H3. The number of hydrogen-bond acceptors (Lipinski definition) is 6. The van der Waals surface area contributed by atoms with Crippen LogP contribution in [0.25, 0.3) is 0 Å². The highest BCUT2D eigenvalue weighted by Gasteiger charge is 2.22. The molecule has 1 rings (SSSR count). The smallest absolute Gasteiger partial charge is 0.367 e. The maximum absolute atomic E-state index is 12.3. The number of carbonyl (C=O) groups excluding carboxylic acids is 2. The van der Waals surface area contributed by atoms with Gasteiger partial charge in [-0.15, -0.1) is 11.3 Å². The lowest BCUT2D eigenvalue weighted by Crippen LogP contribution is -2.39. The van der Waals surface area contributed by atoms with Crippen molar-refractivity contribution in [2.24, 2.45) is 0 Å². The van der Waals surface area contributed by atoms with Crippen molar-refractivity contribution < 1.29 is 19.1 Å². The molecule has 0 unspecified atom stereocenters. The van der Waals surface area contributed by atoms with Crippen LogP contribution in [0.3, 0.4) is 0 Å². The third-order valence-electron chi connectivity index (χ3n) is 2.59. The van der Waals surface area contributed by atoms with Gasteiger partial charge in [-0.3, -0.25) is 4.79 Å². The number of carbonyl (C=O) groups is 2. The molecule has 0 bridgehead atoms. The van der Waals surface area contributed by atoms with Crippen LogP contribution in [0.4, 0.5) is 0 Å². The highest BCUT2D eigenvalue weighted by molar-refractivity contribution is 7.11. The van der Waals surface area contributed by atoms with E-state index in [0.29, 0.717) is 13.2 Å². The molecule has 0 saturated carbocycles. The molecule has 0 N–H and O–H groups in total. The first-order valence-corrected chi connectivity index (χ1v) is 7.31. The fourth-order valence-corrected chi connectivity index (χ4v) is 2.27. The molecule has 1 aromatic heterocycles. The van der Waals surface area contributed by atoms with E-state index >= 15 is 0 Å². The van der Waals surface area contributed by atoms with Crippen molar-refractivity contribution in [2.45, 2.75) is 26.8 Å². The van der Waals surface area contributed by atoms with Crippen molar-refractivity contribution in [3.05, 3.63) is 16.1 Å². The zero-order valence-corrected chi connectivity index (χ0v) is 13.0. The summed E-state index contributed by atoms with van der Waals surface area (Å²) in [5.41, 5.74) is 0.267. The van der Waals surface area contributed by atoms with Gasteiger partial charge < -0.3 is 14.4 Å². The van der Waals surface area contributed by atoms with Gasteiger partial charge in [0.2, 0.25) is 5.01 Å². The quantitative estimate of drug-likeness (QED) is 0.718. The third-order valence-corrected chi connectivity index (χ3v) is 3.42. The van der Waals surface area contributed by atoms with Crippen molar-refractivity contribution in [2.75, 3.05) is 26.9 Å². The van der Waals surface area contributed by atoms with E-state index in [-0.39, 0.29) is 29.3 Å². The van der Waals surface area contributed by atoms with Crippen molar-refractivity contribution in [1.82, 2.24) is 9.88 Å². The molecule has 112 valence electrons. The van der Waals surface area contributed by atoms with E-state index in [1.807, 2.05) is 13.8 Å². The number of aromatic nitrogens is 1. The van der Waals surface area contributed by atoms with Gasteiger partial charge in [0.1, 0.15) is 5.69 Å². The second kappa shape index (κ2) is 7.96. The molecule has 20 heavy (non-hydrogen) atoms. The van der Waals surface area contributed by atoms with E-state index in [2.05, 4.69) is 4.98 Å². The normalized spacial score (nSPS) is 10.7. The molecule has 0 aliphatic rings. The third kappa shape index (κ3) is 4.28. The molecular weight excluding hydrogens is 280 g/mol. The van der Waals surface area contributed by atoms with Gasteiger partial charge in [0, 0.05) is 25.1 Å². The highest BCUT2D eigenvalue weighted by atomic mass is 32.1. The average Bonchev–Trinajstić information content (AvgIpc) is 2.88. The van der Waals surface area contributed by atoms with Crippen LogP contribution in [0.2, 0.25) is 0 Å². The molecule has 0 aliphatic carbocycles. The van der Waals surface area contributed by atoms with E-state index in [4.69, 9.17) is 9.47 Å². The Bertz CT molecular complexity index is 459. The second-order valence-corrected chi connectivity index (χ2v) is 5.20. The summed E-state index contributed by atoms with van der Waals surface area (Å²) in [6.45, 7) is 6.80. The molecule has 0 radical (unpaired) electrons. The molecule has 1 heterocycles. The van der Waals surface area contributed by atoms with Crippen LogP contribution in [-0.2, 0) is 9.47 Å². The summed E-state index contributed by atoms with van der Waals surface area (Å²) in [5, 5.41) is 1.78. The number of amides is 1. The van der Waals surface area contributed by atoms with Crippen LogP contribution in [0.15, 0.2) is 5.38 Å². The lowest BCUT2D eigenvalue weighted by molar-refractivity contribution is 0.0525. The molecule has 0 atom stereocenters. The van der Waals surface area contributed by atoms with Gasteiger partial charge in [0.15, 0.2) is 0 Å². The molecule has 1 aromatic rings. The maximum Gasteiger partial charge on any atom is 0.367 e. The van der Waals surface area contributed by atoms with Gasteiger partial charge in [0.25, 0.3) is 5.91 Å². The minimum absolute atomic E-state index is 0.0328. The summed E-state index contributed by atoms with van der Waals surface area (Å²) >= 11 is 1.11. The first-order valence-electron chi connectivity index (χ1n) is 6.43. The van der Waals surface area contributed by atoms with Crippen LogP contribution in [-0.4, -0.2) is 54.7 Å². The molecule has 0 aromatic carbocycles. The van der Waals surface area contributed by atoms with Crippen molar-refractivity contribution in [1.29, 1.82) is 0 Å². The van der Waals surface area contributed by atoms with Crippen LogP contribution < -0.4 is 0 Å². The molecule has 0 saturated heterocycles. The van der Waals surface area contributed by atoms with Gasteiger partial charge in [0.05, 0.1) is 13.2 Å². The summed E-state index contributed by atoms with van der Waals surface area (Å²) in [6, 6.07) is 0.0328. The van der Waals surface area contributed by atoms with Crippen LogP contribution in [0, 0.1) is 0 Å². The predicted molar refractivity (Wildman–Crippen MR) is 76.1 cm³/mol. The second-order valence-electron chi connectivity index (χ2n) is 4.34. The molecule has 7 heteroatoms.